The summed E-state index contributed by atoms with van der Waals surface area (Å²) in [5.74, 6) is -0.430. The molecule has 0 bridgehead atoms. The average Bonchev–Trinajstić information content (AvgIpc) is 2.38. The first-order chi connectivity index (χ1) is 8.22. The monoisotopic (exact) mass is 291 g/mol. The molecule has 0 saturated carbocycles. The van der Waals surface area contributed by atoms with Gasteiger partial charge in [0.15, 0.2) is 5.69 Å². The van der Waals surface area contributed by atoms with Crippen molar-refractivity contribution in [1.82, 2.24) is 4.98 Å². The van der Waals surface area contributed by atoms with Crippen LogP contribution in [0.4, 0.5) is 0 Å². The van der Waals surface area contributed by atoms with Gasteiger partial charge in [-0.05, 0) is 23.8 Å². The molecule has 3 nitrogen and oxygen atoms in total. The minimum Gasteiger partial charge on any atom is -0.464 e. The molecule has 2 aromatic rings. The van der Waals surface area contributed by atoms with Crippen LogP contribution in [0.3, 0.4) is 0 Å². The quantitative estimate of drug-likeness (QED) is 0.797. The van der Waals surface area contributed by atoms with Gasteiger partial charge in [0.1, 0.15) is 0 Å². The van der Waals surface area contributed by atoms with E-state index in [1.807, 2.05) is 30.3 Å². The maximum atomic E-state index is 11.6. The molecule has 0 atom stereocenters. The summed E-state index contributed by atoms with van der Waals surface area (Å²) in [7, 11) is 1.35. The third kappa shape index (κ3) is 2.53. The lowest BCUT2D eigenvalue weighted by Gasteiger charge is -2.06. The number of esters is 1. The number of aromatic nitrogens is 1. The number of halogens is 1. The van der Waals surface area contributed by atoms with Gasteiger partial charge in [0.05, 0.1) is 7.11 Å². The molecule has 0 aliphatic carbocycles. The number of hydrogen-bond donors (Lipinski definition) is 0. The Morgan fingerprint density at radius 2 is 2.12 bits per heavy atom. The highest BCUT2D eigenvalue weighted by Crippen LogP contribution is 2.25. The Kier molecular flexibility index (Phi) is 3.54. The Hall–Kier alpha value is -1.68. The van der Waals surface area contributed by atoms with Crippen molar-refractivity contribution >= 4 is 21.9 Å². The summed E-state index contributed by atoms with van der Waals surface area (Å²) in [5, 5.41) is 0. The Morgan fingerprint density at radius 3 is 2.82 bits per heavy atom. The van der Waals surface area contributed by atoms with E-state index in [0.717, 1.165) is 15.6 Å². The molecule has 0 N–H and O–H groups in total. The molecule has 86 valence electrons. The van der Waals surface area contributed by atoms with E-state index in [1.54, 1.807) is 12.3 Å². The largest absolute Gasteiger partial charge is 0.464 e. The summed E-state index contributed by atoms with van der Waals surface area (Å²) in [6, 6.07) is 11.3. The zero-order valence-corrected chi connectivity index (χ0v) is 10.8. The Morgan fingerprint density at radius 1 is 1.29 bits per heavy atom. The Balaban J connectivity index is 2.55. The van der Waals surface area contributed by atoms with Gasteiger partial charge in [-0.15, -0.1) is 0 Å². The van der Waals surface area contributed by atoms with Crippen molar-refractivity contribution < 1.29 is 9.53 Å². The van der Waals surface area contributed by atoms with Crippen molar-refractivity contribution in [2.24, 2.45) is 0 Å². The number of methoxy groups -OCH3 is 1. The minimum absolute atomic E-state index is 0.327. The van der Waals surface area contributed by atoms with Crippen LogP contribution in [0.1, 0.15) is 10.5 Å². The summed E-state index contributed by atoms with van der Waals surface area (Å²) >= 11 is 3.40. The summed E-state index contributed by atoms with van der Waals surface area (Å²) in [6.07, 6.45) is 1.58. The van der Waals surface area contributed by atoms with Gasteiger partial charge in [0, 0.05) is 16.2 Å². The molecule has 1 aromatic carbocycles. The Bertz CT molecular complexity index is 555. The highest BCUT2D eigenvalue weighted by Gasteiger charge is 2.14. The highest BCUT2D eigenvalue weighted by atomic mass is 79.9. The highest BCUT2D eigenvalue weighted by molar-refractivity contribution is 9.10. The van der Waals surface area contributed by atoms with Crippen molar-refractivity contribution in [2.45, 2.75) is 0 Å². The number of ether oxygens (including phenoxy) is 1. The van der Waals surface area contributed by atoms with Gasteiger partial charge in [-0.2, -0.15) is 0 Å². The summed E-state index contributed by atoms with van der Waals surface area (Å²) in [6.45, 7) is 0. The fourth-order valence-electron chi connectivity index (χ4n) is 1.55. The molecule has 0 amide bonds. The van der Waals surface area contributed by atoms with Crippen LogP contribution in [-0.2, 0) is 4.74 Å². The van der Waals surface area contributed by atoms with E-state index in [0.29, 0.717) is 5.69 Å². The number of rotatable bonds is 2. The SMILES string of the molecule is COC(=O)c1ncccc1-c1cccc(Br)c1. The lowest BCUT2D eigenvalue weighted by molar-refractivity contribution is 0.0595. The fraction of sp³-hybridized carbons (Fsp3) is 0.0769. The van der Waals surface area contributed by atoms with Crippen LogP contribution in [0, 0.1) is 0 Å². The van der Waals surface area contributed by atoms with Crippen LogP contribution in [0.15, 0.2) is 47.1 Å². The fourth-order valence-corrected chi connectivity index (χ4v) is 1.95. The molecule has 0 radical (unpaired) electrons. The standard InChI is InChI=1S/C13H10BrNO2/c1-17-13(16)12-11(6-3-7-15-12)9-4-2-5-10(14)8-9/h2-8H,1H3. The van der Waals surface area contributed by atoms with Crippen molar-refractivity contribution in [2.75, 3.05) is 7.11 Å². The molecular weight excluding hydrogens is 282 g/mol. The van der Waals surface area contributed by atoms with E-state index in [9.17, 15) is 4.79 Å². The number of nitrogens with zero attached hydrogens (tertiary/aromatic N) is 1. The number of carbonyl (C=O) groups is 1. The van der Waals surface area contributed by atoms with Crippen LogP contribution < -0.4 is 0 Å². The second-order valence-corrected chi connectivity index (χ2v) is 4.32. The summed E-state index contributed by atoms with van der Waals surface area (Å²) < 4.78 is 5.67. The van der Waals surface area contributed by atoms with Crippen LogP contribution >= 0.6 is 15.9 Å². The van der Waals surface area contributed by atoms with Crippen molar-refractivity contribution in [3.05, 3.63) is 52.8 Å². The van der Waals surface area contributed by atoms with E-state index < -0.39 is 5.97 Å². The number of pyridine rings is 1. The molecule has 2 rings (SSSR count). The first kappa shape index (κ1) is 11.8. The Labute approximate surface area is 108 Å². The molecule has 0 aliphatic rings. The maximum absolute atomic E-state index is 11.6. The van der Waals surface area contributed by atoms with Gasteiger partial charge in [-0.25, -0.2) is 9.78 Å². The molecule has 17 heavy (non-hydrogen) atoms. The lowest BCUT2D eigenvalue weighted by atomic mass is 10.0. The molecule has 0 unspecified atom stereocenters. The van der Waals surface area contributed by atoms with Crippen molar-refractivity contribution in [3.8, 4) is 11.1 Å². The summed E-state index contributed by atoms with van der Waals surface area (Å²) in [4.78, 5) is 15.7. The van der Waals surface area contributed by atoms with E-state index in [-0.39, 0.29) is 0 Å². The van der Waals surface area contributed by atoms with Gasteiger partial charge in [0.25, 0.3) is 0 Å². The van der Waals surface area contributed by atoms with Crippen LogP contribution in [0.2, 0.25) is 0 Å². The van der Waals surface area contributed by atoms with Crippen LogP contribution in [0.5, 0.6) is 0 Å². The van der Waals surface area contributed by atoms with Crippen LogP contribution in [-0.4, -0.2) is 18.1 Å². The minimum atomic E-state index is -0.430. The zero-order chi connectivity index (χ0) is 12.3. The zero-order valence-electron chi connectivity index (χ0n) is 9.18. The van der Waals surface area contributed by atoms with Gasteiger partial charge in [0.2, 0.25) is 0 Å². The van der Waals surface area contributed by atoms with Crippen molar-refractivity contribution in [3.63, 3.8) is 0 Å². The second-order valence-electron chi connectivity index (χ2n) is 3.40. The predicted molar refractivity (Wildman–Crippen MR) is 68.7 cm³/mol. The van der Waals surface area contributed by atoms with E-state index in [2.05, 4.69) is 20.9 Å². The van der Waals surface area contributed by atoms with Crippen LogP contribution in [0.25, 0.3) is 11.1 Å². The predicted octanol–water partition coefficient (Wildman–Crippen LogP) is 3.30. The van der Waals surface area contributed by atoms with Gasteiger partial charge >= 0.3 is 5.97 Å². The van der Waals surface area contributed by atoms with Crippen molar-refractivity contribution in [1.29, 1.82) is 0 Å². The molecule has 1 aromatic heterocycles. The average molecular weight is 292 g/mol. The molecular formula is C13H10BrNO2. The molecule has 0 saturated heterocycles. The first-order valence-corrected chi connectivity index (χ1v) is 5.81. The topological polar surface area (TPSA) is 39.2 Å². The van der Waals surface area contributed by atoms with Gasteiger partial charge in [-0.1, -0.05) is 34.1 Å². The maximum Gasteiger partial charge on any atom is 0.357 e. The lowest BCUT2D eigenvalue weighted by Crippen LogP contribution is -2.06. The van der Waals surface area contributed by atoms with E-state index in [4.69, 9.17) is 4.74 Å². The van der Waals surface area contributed by atoms with E-state index in [1.165, 1.54) is 7.11 Å². The number of hydrogen-bond acceptors (Lipinski definition) is 3. The molecule has 0 fully saturated rings. The first-order valence-electron chi connectivity index (χ1n) is 5.01. The normalized spacial score (nSPS) is 10.0. The molecule has 4 heteroatoms. The molecule has 0 spiro atoms. The molecule has 1 heterocycles. The van der Waals surface area contributed by atoms with E-state index >= 15 is 0 Å². The smallest absolute Gasteiger partial charge is 0.357 e. The number of benzene rings is 1. The van der Waals surface area contributed by atoms with Gasteiger partial charge < -0.3 is 4.74 Å². The molecule has 0 aliphatic heterocycles. The van der Waals surface area contributed by atoms with Gasteiger partial charge in [-0.3, -0.25) is 0 Å². The third-order valence-electron chi connectivity index (χ3n) is 2.32. The summed E-state index contributed by atoms with van der Waals surface area (Å²) in [5.41, 5.74) is 2.02. The third-order valence-corrected chi connectivity index (χ3v) is 2.82. The number of carbonyl (C=O) groups excluding carboxylic acids is 1. The second kappa shape index (κ2) is 5.10.